The molecular weight excluding hydrogens is 519 g/mol. The largest absolute Gasteiger partial charge is 0.507 e. The van der Waals surface area contributed by atoms with Crippen LogP contribution in [-0.4, -0.2) is 21.3 Å². The Morgan fingerprint density at radius 3 is 1.57 bits per heavy atom. The molecule has 226 valence electrons. The highest BCUT2D eigenvalue weighted by molar-refractivity contribution is 7.53. The van der Waals surface area contributed by atoms with Crippen LogP contribution in [0.15, 0.2) is 6.20 Å². The van der Waals surface area contributed by atoms with E-state index in [4.69, 9.17) is 4.52 Å². The Bertz CT molecular complexity index is 1240. The minimum Gasteiger partial charge on any atom is -0.507 e. The first-order valence-corrected chi connectivity index (χ1v) is 16.3. The van der Waals surface area contributed by atoms with E-state index in [0.717, 1.165) is 44.8 Å². The number of aromatic hydroxyl groups is 1. The Kier molecular flexibility index (Phi) is 9.67. The average molecular weight is 575 g/mol. The lowest BCUT2D eigenvalue weighted by atomic mass is 9.74. The molecule has 0 saturated carbocycles. The summed E-state index contributed by atoms with van der Waals surface area (Å²) in [7, 11) is -4.19. The van der Waals surface area contributed by atoms with E-state index < -0.39 is 18.4 Å². The van der Waals surface area contributed by atoms with Gasteiger partial charge in [-0.2, -0.15) is 0 Å². The van der Waals surface area contributed by atoms with E-state index in [2.05, 4.69) is 93.4 Å². The molecular formula is C33H55N2O4P. The highest BCUT2D eigenvalue weighted by atomic mass is 31.2. The molecule has 7 heteroatoms. The maximum Gasteiger partial charge on any atom is 0.395 e. The van der Waals surface area contributed by atoms with Crippen molar-refractivity contribution in [2.45, 2.75) is 138 Å². The number of anilines is 1. The molecule has 0 radical (unpaired) electrons. The molecule has 0 amide bonds. The first-order valence-electron chi connectivity index (χ1n) is 14.6. The van der Waals surface area contributed by atoms with Gasteiger partial charge in [-0.25, -0.2) is 4.57 Å². The molecule has 1 atom stereocenters. The van der Waals surface area contributed by atoms with Crippen molar-refractivity contribution in [3.63, 3.8) is 0 Å². The van der Waals surface area contributed by atoms with E-state index in [0.29, 0.717) is 18.6 Å². The van der Waals surface area contributed by atoms with Crippen molar-refractivity contribution in [3.05, 3.63) is 45.3 Å². The van der Waals surface area contributed by atoms with Crippen LogP contribution in [0.2, 0.25) is 0 Å². The van der Waals surface area contributed by atoms with Gasteiger partial charge in [0, 0.05) is 28.5 Å². The molecule has 0 aliphatic heterocycles. The molecule has 1 unspecified atom stereocenters. The molecule has 0 saturated heterocycles. The van der Waals surface area contributed by atoms with E-state index >= 15 is 0 Å². The lowest BCUT2D eigenvalue weighted by Gasteiger charge is -2.34. The van der Waals surface area contributed by atoms with Crippen molar-refractivity contribution in [2.24, 2.45) is 0 Å². The molecule has 2 aromatic rings. The Labute approximate surface area is 243 Å². The summed E-state index contributed by atoms with van der Waals surface area (Å²) in [6.45, 7) is 31.1. The number of phenols is 1. The molecule has 6 nitrogen and oxygen atoms in total. The predicted octanol–water partition coefficient (Wildman–Crippen LogP) is 9.04. The molecule has 0 fully saturated rings. The fraction of sp³-hybridized carbons (Fsp3) is 0.667. The summed E-state index contributed by atoms with van der Waals surface area (Å²) in [6.07, 6.45) is 2.78. The zero-order chi connectivity index (χ0) is 31.2. The molecule has 40 heavy (non-hydrogen) atoms. The third kappa shape index (κ3) is 7.23. The van der Waals surface area contributed by atoms with Gasteiger partial charge in [-0.15, -0.1) is 0 Å². The number of benzene rings is 1. The quantitative estimate of drug-likeness (QED) is 0.286. The van der Waals surface area contributed by atoms with Crippen molar-refractivity contribution < 1.29 is 19.1 Å². The lowest BCUT2D eigenvalue weighted by molar-refractivity contribution is 0.371. The van der Waals surface area contributed by atoms with Gasteiger partial charge in [-0.1, -0.05) is 96.9 Å². The Balaban J connectivity index is 2.73. The lowest BCUT2D eigenvalue weighted by Crippen LogP contribution is -2.25. The monoisotopic (exact) mass is 574 g/mol. The number of nitrogens with one attached hydrogen (secondary N) is 1. The molecule has 1 heterocycles. The second-order valence-electron chi connectivity index (χ2n) is 15.2. The van der Waals surface area contributed by atoms with Crippen LogP contribution in [0.4, 0.5) is 5.69 Å². The second-order valence-corrected chi connectivity index (χ2v) is 16.9. The van der Waals surface area contributed by atoms with E-state index in [1.165, 1.54) is 0 Å². The van der Waals surface area contributed by atoms with E-state index in [9.17, 15) is 14.6 Å². The number of nitrogens with zero attached hydrogens (tertiary/aromatic N) is 1. The normalized spacial score (nSPS) is 14.7. The fourth-order valence-electron chi connectivity index (χ4n) is 5.74. The van der Waals surface area contributed by atoms with Crippen LogP contribution in [0.5, 0.6) is 11.5 Å². The van der Waals surface area contributed by atoms with Crippen LogP contribution >= 0.6 is 7.60 Å². The second kappa shape index (κ2) is 11.3. The van der Waals surface area contributed by atoms with Crippen LogP contribution < -0.4 is 9.84 Å². The maximum atomic E-state index is 13.8. The standard InChI is InChI=1S/C33H55N2O4P/c1-16-21-24(31(7,8)9)28(36)25(32(10,11)12)22(17-2)29(21)39-40(37,38)19-35-27-20(3)34-18-23(30(4,5)6)26(27)33(13,14)15/h18,35-36H,16-17,19H2,1-15H3,(H,37,38). The summed E-state index contributed by atoms with van der Waals surface area (Å²) in [6, 6.07) is 0. The van der Waals surface area contributed by atoms with Gasteiger partial charge in [0.2, 0.25) is 0 Å². The first-order chi connectivity index (χ1) is 17.9. The molecule has 0 bridgehead atoms. The molecule has 0 aliphatic carbocycles. The summed E-state index contributed by atoms with van der Waals surface area (Å²) in [4.78, 5) is 16.0. The number of aromatic nitrogens is 1. The molecule has 1 aromatic carbocycles. The predicted molar refractivity (Wildman–Crippen MR) is 170 cm³/mol. The number of hydrogen-bond donors (Lipinski definition) is 3. The zero-order valence-corrected chi connectivity index (χ0v) is 28.7. The average Bonchev–Trinajstić information content (AvgIpc) is 2.74. The van der Waals surface area contributed by atoms with Crippen molar-refractivity contribution in [3.8, 4) is 11.5 Å². The number of pyridine rings is 1. The van der Waals surface area contributed by atoms with Crippen LogP contribution in [-0.2, 0) is 39.1 Å². The van der Waals surface area contributed by atoms with Gasteiger partial charge in [0.1, 0.15) is 17.8 Å². The summed E-state index contributed by atoms with van der Waals surface area (Å²) in [5.41, 5.74) is 5.70. The first kappa shape index (κ1) is 34.2. The summed E-state index contributed by atoms with van der Waals surface area (Å²) in [5.74, 6) is 0.696. The van der Waals surface area contributed by atoms with Crippen LogP contribution in [0.25, 0.3) is 0 Å². The topological polar surface area (TPSA) is 91.7 Å². The smallest absolute Gasteiger partial charge is 0.395 e. The van der Waals surface area contributed by atoms with E-state index in [1.54, 1.807) is 0 Å². The van der Waals surface area contributed by atoms with Gasteiger partial charge in [0.05, 0.1) is 11.4 Å². The van der Waals surface area contributed by atoms with Gasteiger partial charge in [-0.3, -0.25) is 4.98 Å². The van der Waals surface area contributed by atoms with Crippen LogP contribution in [0, 0.1) is 6.92 Å². The number of hydrogen-bond acceptors (Lipinski definition) is 5. The van der Waals surface area contributed by atoms with Crippen molar-refractivity contribution in [2.75, 3.05) is 11.6 Å². The summed E-state index contributed by atoms with van der Waals surface area (Å²) in [5, 5.41) is 14.9. The summed E-state index contributed by atoms with van der Waals surface area (Å²) >= 11 is 0. The summed E-state index contributed by atoms with van der Waals surface area (Å²) < 4.78 is 20.0. The highest BCUT2D eigenvalue weighted by Gasteiger charge is 2.37. The highest BCUT2D eigenvalue weighted by Crippen LogP contribution is 2.53. The zero-order valence-electron chi connectivity index (χ0n) is 27.8. The van der Waals surface area contributed by atoms with Gasteiger partial charge in [-0.05, 0) is 52.6 Å². The third-order valence-electron chi connectivity index (χ3n) is 7.35. The molecule has 1 aromatic heterocycles. The SMILES string of the molecule is CCc1c(OP(=O)(O)CNc2c(C)ncc(C(C)(C)C)c2C(C)(C)C)c(CC)c(C(C)(C)C)c(O)c1C(C)(C)C. The van der Waals surface area contributed by atoms with Gasteiger partial charge in [0.15, 0.2) is 0 Å². The van der Waals surface area contributed by atoms with Gasteiger partial charge in [0.25, 0.3) is 0 Å². The van der Waals surface area contributed by atoms with Crippen molar-refractivity contribution >= 4 is 13.3 Å². The van der Waals surface area contributed by atoms with Crippen LogP contribution in [0.1, 0.15) is 136 Å². The minimum atomic E-state index is -4.19. The fourth-order valence-corrected chi connectivity index (χ4v) is 6.67. The molecule has 0 aliphatic rings. The van der Waals surface area contributed by atoms with Crippen molar-refractivity contribution in [1.29, 1.82) is 0 Å². The van der Waals surface area contributed by atoms with Gasteiger partial charge < -0.3 is 19.8 Å². The Morgan fingerprint density at radius 2 is 1.23 bits per heavy atom. The molecule has 2 rings (SSSR count). The van der Waals surface area contributed by atoms with Crippen molar-refractivity contribution in [1.82, 2.24) is 4.98 Å². The van der Waals surface area contributed by atoms with Crippen LogP contribution in [0.3, 0.4) is 0 Å². The maximum absolute atomic E-state index is 13.8. The number of rotatable bonds is 7. The molecule has 3 N–H and O–H groups in total. The number of phenolic OH excluding ortho intramolecular Hbond substituents is 1. The Morgan fingerprint density at radius 1 is 0.800 bits per heavy atom. The third-order valence-corrected chi connectivity index (χ3v) is 8.37. The van der Waals surface area contributed by atoms with Gasteiger partial charge >= 0.3 is 7.60 Å². The Hall–Kier alpha value is -2.04. The number of aryl methyl sites for hydroxylation is 1. The minimum absolute atomic E-state index is 0.149. The van der Waals surface area contributed by atoms with E-state index in [1.807, 2.05) is 27.0 Å². The van der Waals surface area contributed by atoms with E-state index in [-0.39, 0.29) is 22.9 Å². The molecule has 0 spiro atoms.